The molecule has 2 N–H and O–H groups in total. The van der Waals surface area contributed by atoms with Gasteiger partial charge in [-0.15, -0.1) is 0 Å². The van der Waals surface area contributed by atoms with Gasteiger partial charge >= 0.3 is 0 Å². The molecule has 1 saturated carbocycles. The maximum atomic E-state index is 6.17. The first-order valence-corrected chi connectivity index (χ1v) is 7.74. The van der Waals surface area contributed by atoms with Crippen LogP contribution in [0.3, 0.4) is 0 Å². The molecule has 1 rings (SSSR count). The number of nitrogens with zero attached hydrogens (tertiary/aromatic N) is 1. The minimum absolute atomic E-state index is 0.335. The molecule has 0 aliphatic heterocycles. The second kappa shape index (κ2) is 8.10. The molecule has 2 nitrogen and oxygen atoms in total. The van der Waals surface area contributed by atoms with Crippen LogP contribution >= 0.6 is 0 Å². The third kappa shape index (κ3) is 4.26. The first-order valence-electron chi connectivity index (χ1n) is 7.74. The summed E-state index contributed by atoms with van der Waals surface area (Å²) in [5, 5.41) is 0. The van der Waals surface area contributed by atoms with Gasteiger partial charge in [-0.2, -0.15) is 0 Å². The highest BCUT2D eigenvalue weighted by Crippen LogP contribution is 2.32. The fourth-order valence-corrected chi connectivity index (χ4v) is 3.24. The number of rotatable bonds is 7. The summed E-state index contributed by atoms with van der Waals surface area (Å²) in [6.07, 6.45) is 12.1. The van der Waals surface area contributed by atoms with Crippen LogP contribution in [0, 0.1) is 0 Å². The quantitative estimate of drug-likeness (QED) is 0.690. The number of nitrogens with two attached hydrogens (primary N) is 1. The minimum Gasteiger partial charge on any atom is -0.329 e. The minimum atomic E-state index is 0.335. The average molecular weight is 240 g/mol. The molecule has 0 saturated heterocycles. The van der Waals surface area contributed by atoms with Gasteiger partial charge in [0, 0.05) is 12.1 Å². The van der Waals surface area contributed by atoms with Crippen LogP contribution in [0.15, 0.2) is 0 Å². The smallest absolute Gasteiger partial charge is 0.0331 e. The van der Waals surface area contributed by atoms with Gasteiger partial charge in [-0.3, -0.25) is 4.90 Å². The summed E-state index contributed by atoms with van der Waals surface area (Å²) < 4.78 is 0. The van der Waals surface area contributed by atoms with E-state index >= 15 is 0 Å². The van der Waals surface area contributed by atoms with Gasteiger partial charge in [-0.25, -0.2) is 0 Å². The Bertz CT molecular complexity index is 183. The molecule has 17 heavy (non-hydrogen) atoms. The van der Waals surface area contributed by atoms with Crippen molar-refractivity contribution in [3.8, 4) is 0 Å². The molecule has 0 atom stereocenters. The lowest BCUT2D eigenvalue weighted by atomic mass is 9.87. The van der Waals surface area contributed by atoms with E-state index < -0.39 is 0 Å². The van der Waals surface area contributed by atoms with Gasteiger partial charge in [0.2, 0.25) is 0 Å². The van der Waals surface area contributed by atoms with Crippen LogP contribution in [0.4, 0.5) is 0 Å². The SMILES string of the molecule is CCCCN(CCC)C1(CN)CCCCCC1. The molecule has 0 radical (unpaired) electrons. The summed E-state index contributed by atoms with van der Waals surface area (Å²) in [5.41, 5.74) is 6.50. The monoisotopic (exact) mass is 240 g/mol. The van der Waals surface area contributed by atoms with Crippen LogP contribution in [0.5, 0.6) is 0 Å². The summed E-state index contributed by atoms with van der Waals surface area (Å²) in [4.78, 5) is 2.72. The average Bonchev–Trinajstić information content (AvgIpc) is 2.60. The van der Waals surface area contributed by atoms with Crippen molar-refractivity contribution < 1.29 is 0 Å². The Morgan fingerprint density at radius 2 is 1.59 bits per heavy atom. The Balaban J connectivity index is 2.68. The number of hydrogen-bond donors (Lipinski definition) is 1. The first-order chi connectivity index (χ1) is 8.29. The van der Waals surface area contributed by atoms with Gasteiger partial charge in [0.25, 0.3) is 0 Å². The van der Waals surface area contributed by atoms with Crippen molar-refractivity contribution in [1.29, 1.82) is 0 Å². The summed E-state index contributed by atoms with van der Waals surface area (Å²) >= 11 is 0. The molecule has 1 fully saturated rings. The summed E-state index contributed by atoms with van der Waals surface area (Å²) in [7, 11) is 0. The van der Waals surface area contributed by atoms with Crippen LogP contribution in [0.2, 0.25) is 0 Å². The highest BCUT2D eigenvalue weighted by atomic mass is 15.2. The Morgan fingerprint density at radius 1 is 0.941 bits per heavy atom. The van der Waals surface area contributed by atoms with Gasteiger partial charge in [0.15, 0.2) is 0 Å². The first kappa shape index (κ1) is 15.0. The Morgan fingerprint density at radius 3 is 2.06 bits per heavy atom. The van der Waals surface area contributed by atoms with Crippen LogP contribution < -0.4 is 5.73 Å². The molecule has 1 aliphatic rings. The van der Waals surface area contributed by atoms with Gasteiger partial charge < -0.3 is 5.73 Å². The second-order valence-corrected chi connectivity index (χ2v) is 5.68. The van der Waals surface area contributed by atoms with E-state index in [4.69, 9.17) is 5.73 Å². The molecule has 0 unspecified atom stereocenters. The van der Waals surface area contributed by atoms with E-state index in [-0.39, 0.29) is 0 Å². The van der Waals surface area contributed by atoms with Crippen molar-refractivity contribution in [3.05, 3.63) is 0 Å². The molecular formula is C15H32N2. The van der Waals surface area contributed by atoms with Gasteiger partial charge in [-0.1, -0.05) is 46.0 Å². The van der Waals surface area contributed by atoms with Crippen molar-refractivity contribution >= 4 is 0 Å². The van der Waals surface area contributed by atoms with Crippen LogP contribution in [-0.4, -0.2) is 30.1 Å². The molecule has 0 heterocycles. The van der Waals surface area contributed by atoms with Crippen LogP contribution in [-0.2, 0) is 0 Å². The standard InChI is InChI=1S/C15H32N2/c1-3-5-13-17(12-4-2)15(14-16)10-8-6-7-9-11-15/h3-14,16H2,1-2H3. The van der Waals surface area contributed by atoms with Crippen LogP contribution in [0.1, 0.15) is 71.6 Å². The highest BCUT2D eigenvalue weighted by Gasteiger charge is 2.34. The number of unbranched alkanes of at least 4 members (excludes halogenated alkanes) is 1. The predicted molar refractivity (Wildman–Crippen MR) is 76.3 cm³/mol. The summed E-state index contributed by atoms with van der Waals surface area (Å²) in [6.45, 7) is 7.92. The molecule has 102 valence electrons. The van der Waals surface area contributed by atoms with E-state index in [1.807, 2.05) is 0 Å². The van der Waals surface area contributed by atoms with Gasteiger partial charge in [0.1, 0.15) is 0 Å². The van der Waals surface area contributed by atoms with Gasteiger partial charge in [0.05, 0.1) is 0 Å². The Labute approximate surface area is 108 Å². The molecule has 0 bridgehead atoms. The van der Waals surface area contributed by atoms with Crippen molar-refractivity contribution in [1.82, 2.24) is 4.90 Å². The third-order valence-electron chi connectivity index (χ3n) is 4.36. The lowest BCUT2D eigenvalue weighted by molar-refractivity contribution is 0.0760. The summed E-state index contributed by atoms with van der Waals surface area (Å²) in [5.74, 6) is 0. The number of hydrogen-bond acceptors (Lipinski definition) is 2. The molecular weight excluding hydrogens is 208 g/mol. The fraction of sp³-hybridized carbons (Fsp3) is 1.00. The maximum absolute atomic E-state index is 6.17. The topological polar surface area (TPSA) is 29.3 Å². The zero-order valence-corrected chi connectivity index (χ0v) is 12.0. The molecule has 0 spiro atoms. The van der Waals surface area contributed by atoms with Crippen molar-refractivity contribution in [2.24, 2.45) is 5.73 Å². The van der Waals surface area contributed by atoms with Gasteiger partial charge in [-0.05, 0) is 38.8 Å². The predicted octanol–water partition coefficient (Wildman–Crippen LogP) is 3.55. The zero-order valence-electron chi connectivity index (χ0n) is 12.0. The van der Waals surface area contributed by atoms with E-state index in [1.54, 1.807) is 0 Å². The van der Waals surface area contributed by atoms with E-state index in [2.05, 4.69) is 18.7 Å². The molecule has 0 aromatic heterocycles. The highest BCUT2D eigenvalue weighted by molar-refractivity contribution is 4.93. The summed E-state index contributed by atoms with van der Waals surface area (Å²) in [6, 6.07) is 0. The van der Waals surface area contributed by atoms with E-state index in [0.29, 0.717) is 5.54 Å². The molecule has 1 aliphatic carbocycles. The maximum Gasteiger partial charge on any atom is 0.0331 e. The zero-order chi connectivity index (χ0) is 12.6. The molecule has 0 aromatic rings. The largest absolute Gasteiger partial charge is 0.329 e. The molecule has 0 aromatic carbocycles. The lowest BCUT2D eigenvalue weighted by Gasteiger charge is -2.43. The van der Waals surface area contributed by atoms with Crippen molar-refractivity contribution in [2.75, 3.05) is 19.6 Å². The molecule has 2 heteroatoms. The Kier molecular flexibility index (Phi) is 7.14. The third-order valence-corrected chi connectivity index (χ3v) is 4.36. The lowest BCUT2D eigenvalue weighted by Crippen LogP contribution is -2.54. The normalized spacial score (nSPS) is 20.5. The fourth-order valence-electron chi connectivity index (χ4n) is 3.24. The van der Waals surface area contributed by atoms with E-state index in [1.165, 1.54) is 70.9 Å². The Hall–Kier alpha value is -0.0800. The molecule has 0 amide bonds. The van der Waals surface area contributed by atoms with E-state index in [0.717, 1.165) is 6.54 Å². The van der Waals surface area contributed by atoms with Crippen molar-refractivity contribution in [2.45, 2.75) is 77.2 Å². The van der Waals surface area contributed by atoms with Crippen molar-refractivity contribution in [3.63, 3.8) is 0 Å². The second-order valence-electron chi connectivity index (χ2n) is 5.68. The van der Waals surface area contributed by atoms with E-state index in [9.17, 15) is 0 Å². The van der Waals surface area contributed by atoms with Crippen LogP contribution in [0.25, 0.3) is 0 Å².